The van der Waals surface area contributed by atoms with Gasteiger partial charge in [-0.05, 0) is 6.42 Å². The van der Waals surface area contributed by atoms with Crippen LogP contribution in [0.5, 0.6) is 0 Å². The van der Waals surface area contributed by atoms with E-state index in [2.05, 4.69) is 5.32 Å². The molecule has 0 bridgehead atoms. The molecule has 0 spiro atoms. The number of nitrogens with zero attached hydrogens (tertiary/aromatic N) is 1. The number of aliphatic hydroxyl groups excluding tert-OH is 1. The average Bonchev–Trinajstić information content (AvgIpc) is 2.30. The summed E-state index contributed by atoms with van der Waals surface area (Å²) in [6.45, 7) is 3.54. The highest BCUT2D eigenvalue weighted by Crippen LogP contribution is 2.43. The van der Waals surface area contributed by atoms with Crippen LogP contribution in [0, 0.1) is 27.2 Å². The Balaban J connectivity index is 2.33. The van der Waals surface area contributed by atoms with Gasteiger partial charge >= 0.3 is 0 Å². The summed E-state index contributed by atoms with van der Waals surface area (Å²) in [4.78, 5) is 9.99. The predicted octanol–water partition coefficient (Wildman–Crippen LogP) is 2.44. The van der Waals surface area contributed by atoms with Gasteiger partial charge in [-0.2, -0.15) is 0 Å². The molecule has 1 fully saturated rings. The van der Waals surface area contributed by atoms with E-state index < -0.39 is 33.8 Å². The number of benzene rings is 1. The zero-order valence-corrected chi connectivity index (χ0v) is 10.5. The second kappa shape index (κ2) is 4.41. The van der Waals surface area contributed by atoms with Crippen LogP contribution in [0.15, 0.2) is 12.1 Å². The molecular weight excluding hydrogens is 258 g/mol. The van der Waals surface area contributed by atoms with Crippen molar-refractivity contribution in [2.45, 2.75) is 32.4 Å². The predicted molar refractivity (Wildman–Crippen MR) is 64.8 cm³/mol. The minimum Gasteiger partial charge on any atom is -0.392 e. The van der Waals surface area contributed by atoms with Gasteiger partial charge in [0.25, 0.3) is 5.69 Å². The van der Waals surface area contributed by atoms with Gasteiger partial charge in [-0.25, -0.2) is 8.78 Å². The summed E-state index contributed by atoms with van der Waals surface area (Å²) in [5, 5.41) is 23.1. The number of aliphatic hydroxyl groups is 1. The number of hydrogen-bond donors (Lipinski definition) is 2. The molecule has 0 aliphatic heterocycles. The standard InChI is InChI=1S/C12H14F2N2O3/c1-12(2)9(5-10(12)17)15-11-7(14)3-6(13)4-8(11)16(18)19/h3-4,9-10,15,17H,5H2,1-2H3. The monoisotopic (exact) mass is 272 g/mol. The minimum atomic E-state index is -1.01. The SMILES string of the molecule is CC1(C)C(O)CC1Nc1c(F)cc(F)cc1[N+](=O)[O-]. The highest BCUT2D eigenvalue weighted by atomic mass is 19.1. The molecule has 1 aromatic carbocycles. The van der Waals surface area contributed by atoms with E-state index in [9.17, 15) is 24.0 Å². The van der Waals surface area contributed by atoms with Crippen LogP contribution in [-0.2, 0) is 0 Å². The first-order valence-corrected chi connectivity index (χ1v) is 5.81. The van der Waals surface area contributed by atoms with E-state index in [4.69, 9.17) is 0 Å². The fraction of sp³-hybridized carbons (Fsp3) is 0.500. The Morgan fingerprint density at radius 3 is 2.58 bits per heavy atom. The van der Waals surface area contributed by atoms with E-state index in [0.29, 0.717) is 18.6 Å². The van der Waals surface area contributed by atoms with E-state index in [0.717, 1.165) is 0 Å². The van der Waals surface area contributed by atoms with Crippen molar-refractivity contribution >= 4 is 11.4 Å². The van der Waals surface area contributed by atoms with Gasteiger partial charge < -0.3 is 10.4 Å². The maximum absolute atomic E-state index is 13.7. The first-order valence-electron chi connectivity index (χ1n) is 5.81. The largest absolute Gasteiger partial charge is 0.392 e. The molecule has 2 rings (SSSR count). The normalized spacial score (nSPS) is 24.7. The molecular formula is C12H14F2N2O3. The Bertz CT molecular complexity index is 534. The van der Waals surface area contributed by atoms with Gasteiger partial charge in [-0.15, -0.1) is 0 Å². The van der Waals surface area contributed by atoms with E-state index in [1.165, 1.54) is 0 Å². The molecule has 0 heterocycles. The van der Waals surface area contributed by atoms with Gasteiger partial charge in [-0.3, -0.25) is 10.1 Å². The second-order valence-electron chi connectivity index (χ2n) is 5.31. The molecule has 104 valence electrons. The van der Waals surface area contributed by atoms with Gasteiger partial charge in [0.2, 0.25) is 0 Å². The van der Waals surface area contributed by atoms with Crippen LogP contribution in [0.2, 0.25) is 0 Å². The van der Waals surface area contributed by atoms with Crippen molar-refractivity contribution in [2.24, 2.45) is 5.41 Å². The third-order valence-corrected chi connectivity index (χ3v) is 3.77. The number of hydrogen-bond acceptors (Lipinski definition) is 4. The van der Waals surface area contributed by atoms with Gasteiger partial charge in [0.15, 0.2) is 5.82 Å². The summed E-state index contributed by atoms with van der Waals surface area (Å²) >= 11 is 0. The molecule has 0 amide bonds. The third kappa shape index (κ3) is 2.25. The molecule has 1 saturated carbocycles. The Labute approximate surface area is 108 Å². The molecule has 0 saturated heterocycles. The van der Waals surface area contributed by atoms with Crippen LogP contribution in [0.3, 0.4) is 0 Å². The number of anilines is 1. The summed E-state index contributed by atoms with van der Waals surface area (Å²) in [6.07, 6.45) is -0.186. The van der Waals surface area contributed by atoms with Crippen molar-refractivity contribution in [1.82, 2.24) is 0 Å². The van der Waals surface area contributed by atoms with Crippen molar-refractivity contribution in [1.29, 1.82) is 0 Å². The summed E-state index contributed by atoms with van der Waals surface area (Å²) in [5.41, 5.74) is -1.50. The zero-order valence-electron chi connectivity index (χ0n) is 10.5. The maximum Gasteiger partial charge on any atom is 0.298 e. The lowest BCUT2D eigenvalue weighted by atomic mass is 9.64. The van der Waals surface area contributed by atoms with Crippen LogP contribution < -0.4 is 5.32 Å². The molecule has 2 N–H and O–H groups in total. The number of rotatable bonds is 3. The quantitative estimate of drug-likeness (QED) is 0.654. The molecule has 2 atom stereocenters. The van der Waals surface area contributed by atoms with Gasteiger partial charge in [0.1, 0.15) is 11.5 Å². The Kier molecular flexibility index (Phi) is 3.17. The Morgan fingerprint density at radius 1 is 1.47 bits per heavy atom. The summed E-state index contributed by atoms with van der Waals surface area (Å²) in [7, 11) is 0. The van der Waals surface area contributed by atoms with E-state index >= 15 is 0 Å². The summed E-state index contributed by atoms with van der Waals surface area (Å²) < 4.78 is 26.7. The van der Waals surface area contributed by atoms with Crippen molar-refractivity contribution in [3.05, 3.63) is 33.9 Å². The molecule has 0 aromatic heterocycles. The zero-order chi connectivity index (χ0) is 14.4. The highest BCUT2D eigenvalue weighted by Gasteiger charge is 2.48. The van der Waals surface area contributed by atoms with Crippen LogP contribution in [0.1, 0.15) is 20.3 Å². The molecule has 0 radical (unpaired) electrons. The molecule has 7 heteroatoms. The van der Waals surface area contributed by atoms with E-state index in [1.54, 1.807) is 13.8 Å². The molecule has 1 aliphatic carbocycles. The number of nitrogens with one attached hydrogen (secondary N) is 1. The maximum atomic E-state index is 13.7. The molecule has 5 nitrogen and oxygen atoms in total. The fourth-order valence-corrected chi connectivity index (χ4v) is 2.17. The van der Waals surface area contributed by atoms with Crippen LogP contribution in [0.25, 0.3) is 0 Å². The van der Waals surface area contributed by atoms with Crippen molar-refractivity contribution in [3.63, 3.8) is 0 Å². The topological polar surface area (TPSA) is 75.4 Å². The number of nitro groups is 1. The molecule has 1 aromatic rings. The molecule has 1 aliphatic rings. The van der Waals surface area contributed by atoms with Gasteiger partial charge in [0.05, 0.1) is 17.1 Å². The smallest absolute Gasteiger partial charge is 0.298 e. The van der Waals surface area contributed by atoms with Crippen molar-refractivity contribution in [2.75, 3.05) is 5.32 Å². The highest BCUT2D eigenvalue weighted by molar-refractivity contribution is 5.63. The number of nitro benzene ring substituents is 1. The van der Waals surface area contributed by atoms with Gasteiger partial charge in [-0.1, -0.05) is 13.8 Å². The fourth-order valence-electron chi connectivity index (χ4n) is 2.17. The molecule has 19 heavy (non-hydrogen) atoms. The van der Waals surface area contributed by atoms with Crippen LogP contribution in [0.4, 0.5) is 20.2 Å². The first kappa shape index (κ1) is 13.7. The van der Waals surface area contributed by atoms with Crippen molar-refractivity contribution in [3.8, 4) is 0 Å². The second-order valence-corrected chi connectivity index (χ2v) is 5.31. The van der Waals surface area contributed by atoms with Crippen molar-refractivity contribution < 1.29 is 18.8 Å². The Morgan fingerprint density at radius 2 is 2.11 bits per heavy atom. The van der Waals surface area contributed by atoms with Crippen LogP contribution in [-0.4, -0.2) is 22.2 Å². The van der Waals surface area contributed by atoms with E-state index in [1.807, 2.05) is 0 Å². The summed E-state index contributed by atoms with van der Waals surface area (Å²) in [5.74, 6) is -2.01. The lowest BCUT2D eigenvalue weighted by Crippen LogP contribution is -2.57. The first-order chi connectivity index (χ1) is 8.73. The lowest BCUT2D eigenvalue weighted by molar-refractivity contribution is -0.384. The molecule has 2 unspecified atom stereocenters. The minimum absolute atomic E-state index is 0.304. The lowest BCUT2D eigenvalue weighted by Gasteiger charge is -2.49. The average molecular weight is 272 g/mol. The summed E-state index contributed by atoms with van der Waals surface area (Å²) in [6, 6.07) is 0.964. The van der Waals surface area contributed by atoms with E-state index in [-0.39, 0.29) is 11.7 Å². The third-order valence-electron chi connectivity index (χ3n) is 3.77. The van der Waals surface area contributed by atoms with Crippen LogP contribution >= 0.6 is 0 Å². The Hall–Kier alpha value is -1.76. The number of halogens is 2. The van der Waals surface area contributed by atoms with Gasteiger partial charge in [0, 0.05) is 17.5 Å².